The number of nitrogens with two attached hydrogens (primary N) is 1. The molecule has 1 aromatic heterocycles. The van der Waals surface area contributed by atoms with Crippen LogP contribution in [0.25, 0.3) is 0 Å². The van der Waals surface area contributed by atoms with E-state index in [4.69, 9.17) is 5.73 Å². The van der Waals surface area contributed by atoms with Crippen molar-refractivity contribution in [2.75, 3.05) is 19.6 Å². The van der Waals surface area contributed by atoms with Gasteiger partial charge in [-0.25, -0.2) is 0 Å². The average molecular weight is 390 g/mol. The van der Waals surface area contributed by atoms with Crippen molar-refractivity contribution in [3.8, 4) is 0 Å². The Labute approximate surface area is 139 Å². The summed E-state index contributed by atoms with van der Waals surface area (Å²) in [7, 11) is 0. The SMILES string of the molecule is CCN(CC)C(N)=NCC(c1cccnc1)C(C)C.I. The predicted molar refractivity (Wildman–Crippen MR) is 96.6 cm³/mol. The molecule has 1 unspecified atom stereocenters. The Hall–Kier alpha value is -0.850. The molecule has 0 radical (unpaired) electrons. The Balaban J connectivity index is 0.00000361. The Morgan fingerprint density at radius 2 is 2.00 bits per heavy atom. The number of hydrogen-bond donors (Lipinski definition) is 1. The Morgan fingerprint density at radius 3 is 2.45 bits per heavy atom. The molecule has 0 bridgehead atoms. The van der Waals surface area contributed by atoms with Gasteiger partial charge in [-0.3, -0.25) is 9.98 Å². The lowest BCUT2D eigenvalue weighted by Gasteiger charge is -2.22. The Kier molecular flexibility index (Phi) is 9.54. The minimum atomic E-state index is 0. The van der Waals surface area contributed by atoms with Gasteiger partial charge in [0.05, 0.1) is 0 Å². The van der Waals surface area contributed by atoms with E-state index in [0.29, 0.717) is 24.3 Å². The van der Waals surface area contributed by atoms with E-state index in [-0.39, 0.29) is 24.0 Å². The van der Waals surface area contributed by atoms with Crippen LogP contribution in [-0.4, -0.2) is 35.5 Å². The highest BCUT2D eigenvalue weighted by molar-refractivity contribution is 14.0. The summed E-state index contributed by atoms with van der Waals surface area (Å²) in [4.78, 5) is 10.8. The first-order chi connectivity index (χ1) is 9.10. The minimum Gasteiger partial charge on any atom is -0.370 e. The van der Waals surface area contributed by atoms with E-state index in [1.54, 1.807) is 6.20 Å². The maximum Gasteiger partial charge on any atom is 0.191 e. The lowest BCUT2D eigenvalue weighted by atomic mass is 9.89. The molecule has 1 heterocycles. The second-order valence-electron chi connectivity index (χ2n) is 5.01. The third-order valence-electron chi connectivity index (χ3n) is 3.45. The number of guanidine groups is 1. The van der Waals surface area contributed by atoms with Gasteiger partial charge in [-0.2, -0.15) is 0 Å². The standard InChI is InChI=1S/C15H26N4.HI/c1-5-19(6-2)15(16)18-11-14(12(3)4)13-8-7-9-17-10-13;/h7-10,12,14H,5-6,11H2,1-4H3,(H2,16,18);1H. The maximum atomic E-state index is 6.03. The number of hydrogen-bond acceptors (Lipinski definition) is 2. The van der Waals surface area contributed by atoms with Gasteiger partial charge in [0.1, 0.15) is 0 Å². The van der Waals surface area contributed by atoms with Gasteiger partial charge in [0.25, 0.3) is 0 Å². The van der Waals surface area contributed by atoms with Crippen LogP contribution in [0.4, 0.5) is 0 Å². The Bertz CT molecular complexity index is 388. The van der Waals surface area contributed by atoms with Gasteiger partial charge >= 0.3 is 0 Å². The summed E-state index contributed by atoms with van der Waals surface area (Å²) in [6.45, 7) is 11.1. The second kappa shape index (κ2) is 9.96. The first-order valence-corrected chi connectivity index (χ1v) is 7.04. The topological polar surface area (TPSA) is 54.5 Å². The molecule has 5 heteroatoms. The number of pyridine rings is 1. The summed E-state index contributed by atoms with van der Waals surface area (Å²) >= 11 is 0. The highest BCUT2D eigenvalue weighted by Crippen LogP contribution is 2.23. The van der Waals surface area contributed by atoms with E-state index in [1.807, 2.05) is 12.3 Å². The monoisotopic (exact) mass is 390 g/mol. The van der Waals surface area contributed by atoms with E-state index >= 15 is 0 Å². The number of aliphatic imine (C=N–C) groups is 1. The molecular weight excluding hydrogens is 363 g/mol. The van der Waals surface area contributed by atoms with Crippen molar-refractivity contribution in [1.29, 1.82) is 0 Å². The van der Waals surface area contributed by atoms with Crippen molar-refractivity contribution >= 4 is 29.9 Å². The first-order valence-electron chi connectivity index (χ1n) is 7.04. The summed E-state index contributed by atoms with van der Waals surface area (Å²) in [5.41, 5.74) is 7.26. The number of rotatable bonds is 6. The molecule has 0 aliphatic rings. The molecule has 0 saturated heterocycles. The lowest BCUT2D eigenvalue weighted by molar-refractivity contribution is 0.451. The largest absolute Gasteiger partial charge is 0.370 e. The smallest absolute Gasteiger partial charge is 0.191 e. The number of aromatic nitrogens is 1. The molecule has 20 heavy (non-hydrogen) atoms. The van der Waals surface area contributed by atoms with Crippen LogP contribution < -0.4 is 5.73 Å². The second-order valence-corrected chi connectivity index (χ2v) is 5.01. The van der Waals surface area contributed by atoms with Gasteiger partial charge in [-0.1, -0.05) is 19.9 Å². The zero-order chi connectivity index (χ0) is 14.3. The highest BCUT2D eigenvalue weighted by atomic mass is 127. The molecule has 0 saturated carbocycles. The normalized spacial score (nSPS) is 12.9. The van der Waals surface area contributed by atoms with Crippen LogP contribution in [0.15, 0.2) is 29.5 Å². The molecule has 0 aromatic carbocycles. The highest BCUT2D eigenvalue weighted by Gasteiger charge is 2.16. The summed E-state index contributed by atoms with van der Waals surface area (Å²) in [6, 6.07) is 4.09. The van der Waals surface area contributed by atoms with Crippen LogP contribution in [0.3, 0.4) is 0 Å². The van der Waals surface area contributed by atoms with Crippen molar-refractivity contribution < 1.29 is 0 Å². The van der Waals surface area contributed by atoms with Crippen LogP contribution >= 0.6 is 24.0 Å². The molecular formula is C15H27IN4. The van der Waals surface area contributed by atoms with Gasteiger partial charge < -0.3 is 10.6 Å². The van der Waals surface area contributed by atoms with Crippen LogP contribution in [0.1, 0.15) is 39.2 Å². The van der Waals surface area contributed by atoms with Crippen molar-refractivity contribution in [1.82, 2.24) is 9.88 Å². The van der Waals surface area contributed by atoms with Crippen molar-refractivity contribution in [2.24, 2.45) is 16.6 Å². The zero-order valence-corrected chi connectivity index (χ0v) is 15.2. The van der Waals surface area contributed by atoms with E-state index in [2.05, 4.69) is 48.6 Å². The third-order valence-corrected chi connectivity index (χ3v) is 3.45. The van der Waals surface area contributed by atoms with Crippen LogP contribution in [0, 0.1) is 5.92 Å². The molecule has 1 atom stereocenters. The van der Waals surface area contributed by atoms with Crippen molar-refractivity contribution in [3.63, 3.8) is 0 Å². The van der Waals surface area contributed by atoms with Gasteiger partial charge in [-0.15, -0.1) is 24.0 Å². The zero-order valence-electron chi connectivity index (χ0n) is 12.9. The predicted octanol–water partition coefficient (Wildman–Crippen LogP) is 3.10. The van der Waals surface area contributed by atoms with Crippen molar-refractivity contribution in [3.05, 3.63) is 30.1 Å². The van der Waals surface area contributed by atoms with Gasteiger partial charge in [0, 0.05) is 37.9 Å². The van der Waals surface area contributed by atoms with Crippen LogP contribution in [0.5, 0.6) is 0 Å². The van der Waals surface area contributed by atoms with Gasteiger partial charge in [-0.05, 0) is 31.4 Å². The van der Waals surface area contributed by atoms with Gasteiger partial charge in [0.15, 0.2) is 5.96 Å². The third kappa shape index (κ3) is 5.64. The molecule has 0 aliphatic heterocycles. The summed E-state index contributed by atoms with van der Waals surface area (Å²) in [5, 5.41) is 0. The quantitative estimate of drug-likeness (QED) is 0.462. The molecule has 0 aliphatic carbocycles. The van der Waals surface area contributed by atoms with Gasteiger partial charge in [0.2, 0.25) is 0 Å². The molecule has 114 valence electrons. The summed E-state index contributed by atoms with van der Waals surface area (Å²) < 4.78 is 0. The molecule has 4 nitrogen and oxygen atoms in total. The minimum absolute atomic E-state index is 0. The molecule has 2 N–H and O–H groups in total. The number of halogens is 1. The Morgan fingerprint density at radius 1 is 1.35 bits per heavy atom. The van der Waals surface area contributed by atoms with E-state index in [0.717, 1.165) is 13.1 Å². The average Bonchev–Trinajstić information content (AvgIpc) is 2.41. The molecule has 0 spiro atoms. The fourth-order valence-corrected chi connectivity index (χ4v) is 2.14. The fourth-order valence-electron chi connectivity index (χ4n) is 2.14. The van der Waals surface area contributed by atoms with E-state index in [9.17, 15) is 0 Å². The summed E-state index contributed by atoms with van der Waals surface area (Å²) in [5.74, 6) is 1.51. The van der Waals surface area contributed by atoms with Crippen molar-refractivity contribution in [2.45, 2.75) is 33.6 Å². The fraction of sp³-hybridized carbons (Fsp3) is 0.600. The molecule has 1 rings (SSSR count). The molecule has 0 fully saturated rings. The molecule has 0 amide bonds. The van der Waals surface area contributed by atoms with E-state index in [1.165, 1.54) is 5.56 Å². The molecule has 1 aromatic rings. The maximum absolute atomic E-state index is 6.03. The first kappa shape index (κ1) is 19.1. The van der Waals surface area contributed by atoms with Crippen LogP contribution in [0.2, 0.25) is 0 Å². The van der Waals surface area contributed by atoms with Crippen LogP contribution in [-0.2, 0) is 0 Å². The summed E-state index contributed by atoms with van der Waals surface area (Å²) in [6.07, 6.45) is 3.72. The number of nitrogens with zero attached hydrogens (tertiary/aromatic N) is 3. The lowest BCUT2D eigenvalue weighted by Crippen LogP contribution is -2.37. The van der Waals surface area contributed by atoms with E-state index < -0.39 is 0 Å².